The van der Waals surface area contributed by atoms with Crippen molar-refractivity contribution < 1.29 is 32.0 Å². The van der Waals surface area contributed by atoms with E-state index in [0.717, 1.165) is 23.2 Å². The number of halogens is 3. The molecule has 200 valence electrons. The van der Waals surface area contributed by atoms with Crippen LogP contribution in [0, 0.1) is 11.2 Å². The standard InChI is InChI=1S/C21H25FN2O4S2.C4H8F2/c1-21(2,20(25)26)13-28-17-12-19-16(11-18(17)29-4)24(10-9-23(3)30(19)27)15-7-5-14(22)6-8-15;1-3-4(2,5)6/h5-8,11-12H,9-10,13H2,1-4H3,(H,25,26);3H2,1-2H3. The Morgan fingerprint density at radius 2 is 1.75 bits per heavy atom. The van der Waals surface area contributed by atoms with Gasteiger partial charge in [-0.2, -0.15) is 0 Å². The summed E-state index contributed by atoms with van der Waals surface area (Å²) >= 11 is 1.46. The van der Waals surface area contributed by atoms with Crippen LogP contribution in [-0.4, -0.2) is 58.5 Å². The van der Waals surface area contributed by atoms with Gasteiger partial charge in [-0.1, -0.05) is 6.92 Å². The lowest BCUT2D eigenvalue weighted by Gasteiger charge is -2.26. The van der Waals surface area contributed by atoms with Gasteiger partial charge in [0.2, 0.25) is 5.92 Å². The average Bonchev–Trinajstić information content (AvgIpc) is 2.94. The first kappa shape index (κ1) is 30.0. The van der Waals surface area contributed by atoms with Gasteiger partial charge >= 0.3 is 5.97 Å². The molecule has 1 unspecified atom stereocenters. The van der Waals surface area contributed by atoms with Gasteiger partial charge < -0.3 is 14.7 Å². The summed E-state index contributed by atoms with van der Waals surface area (Å²) in [5, 5.41) is 9.36. The minimum absolute atomic E-state index is 0.0150. The summed E-state index contributed by atoms with van der Waals surface area (Å²) in [6.07, 6.45) is 1.84. The van der Waals surface area contributed by atoms with Crippen LogP contribution in [0.4, 0.5) is 24.5 Å². The van der Waals surface area contributed by atoms with Crippen LogP contribution in [0.15, 0.2) is 46.2 Å². The predicted molar refractivity (Wildman–Crippen MR) is 138 cm³/mol. The van der Waals surface area contributed by atoms with E-state index in [0.29, 0.717) is 23.7 Å². The summed E-state index contributed by atoms with van der Waals surface area (Å²) in [5.41, 5.74) is 0.509. The first-order valence-corrected chi connectivity index (χ1v) is 13.7. The highest BCUT2D eigenvalue weighted by Crippen LogP contribution is 2.41. The Bertz CT molecular complexity index is 1080. The van der Waals surface area contributed by atoms with E-state index in [-0.39, 0.29) is 18.8 Å². The predicted octanol–water partition coefficient (Wildman–Crippen LogP) is 6.19. The van der Waals surface area contributed by atoms with Crippen molar-refractivity contribution in [1.82, 2.24) is 4.31 Å². The molecule has 2 aromatic rings. The van der Waals surface area contributed by atoms with E-state index in [1.807, 2.05) is 17.2 Å². The average molecular weight is 547 g/mol. The molecule has 1 N–H and O–H groups in total. The molecular weight excluding hydrogens is 513 g/mol. The number of rotatable bonds is 7. The number of aliphatic carboxylic acids is 1. The zero-order valence-corrected chi connectivity index (χ0v) is 22.9. The first-order chi connectivity index (χ1) is 16.7. The van der Waals surface area contributed by atoms with Crippen LogP contribution < -0.4 is 9.64 Å². The van der Waals surface area contributed by atoms with Gasteiger partial charge in [-0.3, -0.25) is 4.79 Å². The smallest absolute Gasteiger partial charge is 0.312 e. The van der Waals surface area contributed by atoms with Crippen molar-refractivity contribution in [3.05, 3.63) is 42.2 Å². The number of benzene rings is 2. The molecule has 0 bridgehead atoms. The van der Waals surface area contributed by atoms with Crippen molar-refractivity contribution >= 4 is 40.1 Å². The maximum atomic E-state index is 13.4. The van der Waals surface area contributed by atoms with Gasteiger partial charge in [0.15, 0.2) is 0 Å². The van der Waals surface area contributed by atoms with E-state index < -0.39 is 28.3 Å². The van der Waals surface area contributed by atoms with Crippen LogP contribution in [-0.2, 0) is 15.8 Å². The molecule has 11 heteroatoms. The molecule has 6 nitrogen and oxygen atoms in total. The Labute approximate surface area is 217 Å². The fourth-order valence-corrected chi connectivity index (χ4v) is 4.66. The molecule has 0 saturated carbocycles. The van der Waals surface area contributed by atoms with Crippen molar-refractivity contribution in [1.29, 1.82) is 0 Å². The van der Waals surface area contributed by atoms with Gasteiger partial charge in [-0.25, -0.2) is 21.7 Å². The van der Waals surface area contributed by atoms with Crippen LogP contribution in [0.3, 0.4) is 0 Å². The zero-order valence-electron chi connectivity index (χ0n) is 21.3. The summed E-state index contributed by atoms with van der Waals surface area (Å²) in [7, 11) is 0.364. The van der Waals surface area contributed by atoms with E-state index in [2.05, 4.69) is 0 Å². The molecular formula is C25H33F3N2O4S2. The minimum atomic E-state index is -2.46. The largest absolute Gasteiger partial charge is 0.491 e. The summed E-state index contributed by atoms with van der Waals surface area (Å²) in [6, 6.07) is 9.85. The fourth-order valence-electron chi connectivity index (χ4n) is 2.97. The first-order valence-electron chi connectivity index (χ1n) is 11.3. The van der Waals surface area contributed by atoms with Gasteiger partial charge in [0.25, 0.3) is 0 Å². The van der Waals surface area contributed by atoms with E-state index in [1.54, 1.807) is 43.4 Å². The Kier molecular flexibility index (Phi) is 10.3. The van der Waals surface area contributed by atoms with E-state index in [9.17, 15) is 27.3 Å². The number of hydrogen-bond acceptors (Lipinski definition) is 5. The normalized spacial score (nSPS) is 16.5. The quantitative estimate of drug-likeness (QED) is 0.418. The van der Waals surface area contributed by atoms with Crippen LogP contribution in [0.2, 0.25) is 0 Å². The van der Waals surface area contributed by atoms with Gasteiger partial charge in [-0.15, -0.1) is 11.8 Å². The Hall–Kier alpha value is -2.24. The monoisotopic (exact) mass is 546 g/mol. The molecule has 0 fully saturated rings. The third-order valence-corrected chi connectivity index (χ3v) is 7.78. The molecule has 0 radical (unpaired) electrons. The number of anilines is 2. The molecule has 1 heterocycles. The molecule has 1 atom stereocenters. The second-order valence-electron chi connectivity index (χ2n) is 9.10. The fraction of sp³-hybridized carbons (Fsp3) is 0.480. The van der Waals surface area contributed by atoms with Crippen LogP contribution in [0.5, 0.6) is 5.75 Å². The molecule has 0 amide bonds. The minimum Gasteiger partial charge on any atom is -0.491 e. The Balaban J connectivity index is 0.000000678. The highest BCUT2D eigenvalue weighted by Gasteiger charge is 2.30. The summed E-state index contributed by atoms with van der Waals surface area (Å²) in [5.74, 6) is -3.23. The molecule has 0 aromatic heterocycles. The van der Waals surface area contributed by atoms with Crippen LogP contribution in [0.1, 0.15) is 34.1 Å². The lowest BCUT2D eigenvalue weighted by Crippen LogP contribution is -2.30. The van der Waals surface area contributed by atoms with Gasteiger partial charge in [0.1, 0.15) is 29.2 Å². The maximum absolute atomic E-state index is 13.4. The number of fused-ring (bicyclic) bond motifs is 1. The van der Waals surface area contributed by atoms with E-state index in [4.69, 9.17) is 4.74 Å². The highest BCUT2D eigenvalue weighted by atomic mass is 32.2. The third-order valence-electron chi connectivity index (χ3n) is 5.57. The van der Waals surface area contributed by atoms with Crippen LogP contribution in [0.25, 0.3) is 0 Å². The van der Waals surface area contributed by atoms with Crippen molar-refractivity contribution in [3.63, 3.8) is 0 Å². The molecule has 36 heavy (non-hydrogen) atoms. The molecule has 0 saturated heterocycles. The number of carboxylic acid groups (broad SMARTS) is 1. The zero-order chi connectivity index (χ0) is 27.3. The SMILES string of the molecule is CCC(C)(F)F.CSc1cc2c(cc1OCC(C)(C)C(=O)O)S(=O)N(C)CCN2c1ccc(F)cc1. The number of carbonyl (C=O) groups is 1. The third kappa shape index (κ3) is 7.88. The molecule has 1 aliphatic rings. The number of carboxylic acids is 1. The number of likely N-dealkylation sites (N-methyl/N-ethyl adjacent to an activating group) is 1. The number of alkyl halides is 2. The number of thioether (sulfide) groups is 1. The van der Waals surface area contributed by atoms with Crippen molar-refractivity contribution in [3.8, 4) is 5.75 Å². The van der Waals surface area contributed by atoms with Gasteiger partial charge in [-0.05, 0) is 57.4 Å². The molecule has 3 rings (SSSR count). The summed E-state index contributed by atoms with van der Waals surface area (Å²) in [6.45, 7) is 6.68. The lowest BCUT2D eigenvalue weighted by atomic mass is 9.95. The van der Waals surface area contributed by atoms with E-state index >= 15 is 0 Å². The van der Waals surface area contributed by atoms with E-state index in [1.165, 1.54) is 30.8 Å². The number of nitrogens with zero attached hydrogens (tertiary/aromatic N) is 2. The Morgan fingerprint density at radius 1 is 1.17 bits per heavy atom. The summed E-state index contributed by atoms with van der Waals surface area (Å²) < 4.78 is 57.1. The Morgan fingerprint density at radius 3 is 2.25 bits per heavy atom. The molecule has 1 aliphatic heterocycles. The van der Waals surface area contributed by atoms with Crippen molar-refractivity contribution in [2.75, 3.05) is 37.9 Å². The number of hydrogen-bond donors (Lipinski definition) is 1. The van der Waals surface area contributed by atoms with Crippen molar-refractivity contribution in [2.24, 2.45) is 5.41 Å². The molecule has 0 spiro atoms. The maximum Gasteiger partial charge on any atom is 0.312 e. The van der Waals surface area contributed by atoms with Gasteiger partial charge in [0.05, 0.1) is 20.9 Å². The van der Waals surface area contributed by atoms with Gasteiger partial charge in [0, 0.05) is 38.3 Å². The lowest BCUT2D eigenvalue weighted by molar-refractivity contribution is -0.148. The molecule has 0 aliphatic carbocycles. The van der Waals surface area contributed by atoms with Crippen molar-refractivity contribution in [2.45, 2.75) is 49.8 Å². The number of ether oxygens (including phenoxy) is 1. The summed E-state index contributed by atoms with van der Waals surface area (Å²) in [4.78, 5) is 14.8. The second-order valence-corrected chi connectivity index (χ2v) is 11.5. The topological polar surface area (TPSA) is 70.1 Å². The molecule has 2 aromatic carbocycles. The highest BCUT2D eigenvalue weighted by molar-refractivity contribution is 7.98. The second kappa shape index (κ2) is 12.3. The van der Waals surface area contributed by atoms with Crippen LogP contribution >= 0.6 is 11.8 Å².